The molecule has 1 unspecified atom stereocenters. The summed E-state index contributed by atoms with van der Waals surface area (Å²) in [6.07, 6.45) is 3.69. The summed E-state index contributed by atoms with van der Waals surface area (Å²) in [7, 11) is 1.59. The molecule has 0 fully saturated rings. The molecule has 2 rings (SSSR count). The van der Waals surface area contributed by atoms with Gasteiger partial charge in [-0.15, -0.1) is 0 Å². The maximum Gasteiger partial charge on any atom is 0.190 e. The third kappa shape index (κ3) is 3.22. The molecular formula is C14H16BrNO2. The number of hydrogen-bond donors (Lipinski definition) is 1. The number of hydroxylamine groups is 2. The molecule has 0 heterocycles. The Bertz CT molecular complexity index is 466. The van der Waals surface area contributed by atoms with Crippen LogP contribution in [0.5, 0.6) is 0 Å². The van der Waals surface area contributed by atoms with Crippen LogP contribution in [0, 0.1) is 5.21 Å². The molecule has 3 nitrogen and oxygen atoms in total. The van der Waals surface area contributed by atoms with E-state index >= 15 is 0 Å². The van der Waals surface area contributed by atoms with Gasteiger partial charge in [0.25, 0.3) is 0 Å². The summed E-state index contributed by atoms with van der Waals surface area (Å²) in [5.74, 6) is 0.692. The standard InChI is InChI=1S/C14H16BrNO2/c1-16(17)13-9-5-8-12(15)14(13)18-10-11-6-3-2-4-7-11/h2-4,6-8,16H,5,9-10H2,1H3. The topological polar surface area (TPSA) is 36.7 Å². The zero-order chi connectivity index (χ0) is 13.0. The Balaban J connectivity index is 2.12. The molecule has 1 aliphatic carbocycles. The summed E-state index contributed by atoms with van der Waals surface area (Å²) >= 11 is 3.46. The summed E-state index contributed by atoms with van der Waals surface area (Å²) in [5.41, 5.74) is 1.87. The van der Waals surface area contributed by atoms with E-state index in [1.165, 1.54) is 0 Å². The van der Waals surface area contributed by atoms with Gasteiger partial charge in [-0.2, -0.15) is 0 Å². The van der Waals surface area contributed by atoms with Crippen LogP contribution in [-0.2, 0) is 11.3 Å². The summed E-state index contributed by atoms with van der Waals surface area (Å²) in [6.45, 7) is 0.482. The predicted molar refractivity (Wildman–Crippen MR) is 74.8 cm³/mol. The second-order valence-electron chi connectivity index (χ2n) is 4.23. The first-order valence-electron chi connectivity index (χ1n) is 5.95. The first-order valence-corrected chi connectivity index (χ1v) is 6.74. The van der Waals surface area contributed by atoms with E-state index in [-0.39, 0.29) is 5.06 Å². The van der Waals surface area contributed by atoms with E-state index in [4.69, 9.17) is 4.74 Å². The second-order valence-corrected chi connectivity index (χ2v) is 5.08. The van der Waals surface area contributed by atoms with Crippen LogP contribution >= 0.6 is 15.9 Å². The van der Waals surface area contributed by atoms with Crippen LogP contribution in [0.4, 0.5) is 0 Å². The monoisotopic (exact) mass is 309 g/mol. The molecule has 1 N–H and O–H groups in total. The second kappa shape index (κ2) is 6.18. The highest BCUT2D eigenvalue weighted by Crippen LogP contribution is 2.28. The van der Waals surface area contributed by atoms with Gasteiger partial charge in [0.1, 0.15) is 6.61 Å². The van der Waals surface area contributed by atoms with Crippen molar-refractivity contribution in [1.82, 2.24) is 0 Å². The molecule has 4 heteroatoms. The number of rotatable bonds is 4. The van der Waals surface area contributed by atoms with Crippen molar-refractivity contribution in [2.75, 3.05) is 7.05 Å². The smallest absolute Gasteiger partial charge is 0.190 e. The number of hydrogen-bond acceptors (Lipinski definition) is 2. The highest BCUT2D eigenvalue weighted by atomic mass is 79.9. The zero-order valence-electron chi connectivity index (χ0n) is 10.3. The van der Waals surface area contributed by atoms with Gasteiger partial charge in [0.15, 0.2) is 11.5 Å². The van der Waals surface area contributed by atoms with Crippen LogP contribution in [0.2, 0.25) is 0 Å². The fourth-order valence-corrected chi connectivity index (χ4v) is 2.50. The van der Waals surface area contributed by atoms with E-state index in [2.05, 4.69) is 15.9 Å². The van der Waals surface area contributed by atoms with Gasteiger partial charge in [-0.05, 0) is 27.9 Å². The first-order chi connectivity index (χ1) is 8.68. The van der Waals surface area contributed by atoms with Gasteiger partial charge in [-0.1, -0.05) is 36.4 Å². The Kier molecular flexibility index (Phi) is 4.58. The molecule has 1 atom stereocenters. The van der Waals surface area contributed by atoms with E-state index < -0.39 is 0 Å². The predicted octanol–water partition coefficient (Wildman–Crippen LogP) is 2.50. The lowest BCUT2D eigenvalue weighted by Crippen LogP contribution is -3.02. The molecule has 1 aromatic rings. The molecule has 0 saturated carbocycles. The molecule has 0 aliphatic heterocycles. The highest BCUT2D eigenvalue weighted by Gasteiger charge is 2.20. The fourth-order valence-electron chi connectivity index (χ4n) is 1.92. The van der Waals surface area contributed by atoms with Crippen molar-refractivity contribution < 1.29 is 9.80 Å². The number of nitrogens with one attached hydrogen (secondary N) is 1. The lowest BCUT2D eigenvalue weighted by molar-refractivity contribution is -0.785. The Morgan fingerprint density at radius 3 is 2.72 bits per heavy atom. The third-order valence-electron chi connectivity index (χ3n) is 2.86. The quantitative estimate of drug-likeness (QED) is 0.868. The largest absolute Gasteiger partial charge is 0.629 e. The van der Waals surface area contributed by atoms with Crippen molar-refractivity contribution >= 4 is 15.9 Å². The first kappa shape index (κ1) is 13.3. The summed E-state index contributed by atoms with van der Waals surface area (Å²) < 4.78 is 6.68. The van der Waals surface area contributed by atoms with E-state index in [0.29, 0.717) is 12.4 Å². The minimum atomic E-state index is 0.0862. The van der Waals surface area contributed by atoms with Gasteiger partial charge in [0.05, 0.1) is 11.5 Å². The average Bonchev–Trinajstić information content (AvgIpc) is 2.38. The van der Waals surface area contributed by atoms with Crippen LogP contribution in [-0.4, -0.2) is 7.05 Å². The van der Waals surface area contributed by atoms with Gasteiger partial charge in [-0.3, -0.25) is 0 Å². The van der Waals surface area contributed by atoms with Gasteiger partial charge in [0, 0.05) is 6.42 Å². The van der Waals surface area contributed by atoms with Crippen molar-refractivity contribution in [2.45, 2.75) is 19.4 Å². The maximum atomic E-state index is 11.6. The molecule has 0 bridgehead atoms. The number of allylic oxidation sites excluding steroid dienone is 3. The Labute approximate surface area is 115 Å². The summed E-state index contributed by atoms with van der Waals surface area (Å²) in [5, 5.41) is 11.7. The molecule has 0 saturated heterocycles. The normalized spacial score (nSPS) is 17.4. The van der Waals surface area contributed by atoms with E-state index in [0.717, 1.165) is 28.6 Å². The lowest BCUT2D eigenvalue weighted by atomic mass is 10.1. The van der Waals surface area contributed by atoms with E-state index in [1.807, 2.05) is 36.4 Å². The van der Waals surface area contributed by atoms with Crippen molar-refractivity contribution in [3.05, 3.63) is 63.1 Å². The molecular weight excluding hydrogens is 294 g/mol. The van der Waals surface area contributed by atoms with Gasteiger partial charge < -0.3 is 15.0 Å². The van der Waals surface area contributed by atoms with Gasteiger partial charge in [-0.25, -0.2) is 0 Å². The Morgan fingerprint density at radius 1 is 1.33 bits per heavy atom. The Morgan fingerprint density at radius 2 is 2.06 bits per heavy atom. The molecule has 1 aliphatic rings. The minimum Gasteiger partial charge on any atom is -0.629 e. The molecule has 0 amide bonds. The molecule has 0 radical (unpaired) electrons. The zero-order valence-corrected chi connectivity index (χ0v) is 11.9. The highest BCUT2D eigenvalue weighted by molar-refractivity contribution is 9.11. The van der Waals surface area contributed by atoms with Crippen LogP contribution in [0.1, 0.15) is 18.4 Å². The number of quaternary nitrogens is 1. The molecule has 1 aromatic carbocycles. The van der Waals surface area contributed by atoms with Gasteiger partial charge >= 0.3 is 0 Å². The van der Waals surface area contributed by atoms with Crippen LogP contribution in [0.15, 0.2) is 52.3 Å². The van der Waals surface area contributed by atoms with Crippen molar-refractivity contribution in [3.63, 3.8) is 0 Å². The summed E-state index contributed by atoms with van der Waals surface area (Å²) in [6, 6.07) is 9.94. The van der Waals surface area contributed by atoms with Crippen molar-refractivity contribution in [2.24, 2.45) is 0 Å². The molecule has 96 valence electrons. The SMILES string of the molecule is C[NH+]([O-])C1=C(OCc2ccccc2)C(Br)=CCC1. The minimum absolute atomic E-state index is 0.0862. The van der Waals surface area contributed by atoms with Crippen molar-refractivity contribution in [3.8, 4) is 0 Å². The van der Waals surface area contributed by atoms with Crippen LogP contribution < -0.4 is 5.06 Å². The van der Waals surface area contributed by atoms with E-state index in [9.17, 15) is 5.21 Å². The Hall–Kier alpha value is -1.10. The van der Waals surface area contributed by atoms with Gasteiger partial charge in [0.2, 0.25) is 0 Å². The van der Waals surface area contributed by atoms with Crippen LogP contribution in [0.3, 0.4) is 0 Å². The number of ether oxygens (including phenoxy) is 1. The van der Waals surface area contributed by atoms with E-state index in [1.54, 1.807) is 7.05 Å². The molecule has 18 heavy (non-hydrogen) atoms. The van der Waals surface area contributed by atoms with Crippen LogP contribution in [0.25, 0.3) is 0 Å². The molecule has 0 aromatic heterocycles. The average molecular weight is 310 g/mol. The summed E-state index contributed by atoms with van der Waals surface area (Å²) in [4.78, 5) is 0. The maximum absolute atomic E-state index is 11.6. The third-order valence-corrected chi connectivity index (χ3v) is 3.54. The molecule has 0 spiro atoms. The number of benzene rings is 1. The fraction of sp³-hybridized carbons (Fsp3) is 0.286. The number of halogens is 1. The lowest BCUT2D eigenvalue weighted by Gasteiger charge is -2.25. The van der Waals surface area contributed by atoms with Crippen molar-refractivity contribution in [1.29, 1.82) is 0 Å².